The van der Waals surface area contributed by atoms with E-state index in [2.05, 4.69) is 34.2 Å². The van der Waals surface area contributed by atoms with E-state index >= 15 is 0 Å². The van der Waals surface area contributed by atoms with Crippen molar-refractivity contribution in [3.63, 3.8) is 0 Å². The minimum absolute atomic E-state index is 0.319. The maximum Gasteiger partial charge on any atom is 0.153 e. The molecule has 2 rings (SSSR count). The van der Waals surface area contributed by atoms with Gasteiger partial charge in [0.1, 0.15) is 11.6 Å². The summed E-state index contributed by atoms with van der Waals surface area (Å²) in [7, 11) is 1.88. The second kappa shape index (κ2) is 4.53. The summed E-state index contributed by atoms with van der Waals surface area (Å²) in [4.78, 5) is 8.87. The first-order valence-electron chi connectivity index (χ1n) is 5.67. The van der Waals surface area contributed by atoms with Gasteiger partial charge in [0.15, 0.2) is 5.82 Å². The molecule has 0 fully saturated rings. The lowest BCUT2D eigenvalue weighted by Crippen LogP contribution is -2.03. The van der Waals surface area contributed by atoms with Gasteiger partial charge in [-0.05, 0) is 6.92 Å². The fraction of sp³-hybridized carbons (Fsp3) is 0.417. The number of nitrogens with zero attached hydrogens (tertiary/aromatic N) is 4. The summed E-state index contributed by atoms with van der Waals surface area (Å²) in [6.07, 6.45) is 1.89. The molecule has 0 atom stereocenters. The topological polar surface area (TPSA) is 55.6 Å². The van der Waals surface area contributed by atoms with Crippen molar-refractivity contribution >= 4 is 11.6 Å². The van der Waals surface area contributed by atoms with Gasteiger partial charge in [-0.15, -0.1) is 0 Å². The highest BCUT2D eigenvalue weighted by Crippen LogP contribution is 2.16. The monoisotopic (exact) mass is 231 g/mol. The van der Waals surface area contributed by atoms with Crippen molar-refractivity contribution in [3.8, 4) is 0 Å². The van der Waals surface area contributed by atoms with Crippen LogP contribution in [-0.2, 0) is 7.05 Å². The zero-order valence-corrected chi connectivity index (χ0v) is 10.6. The fourth-order valence-electron chi connectivity index (χ4n) is 1.53. The number of nitrogens with one attached hydrogen (secondary N) is 1. The highest BCUT2D eigenvalue weighted by molar-refractivity contribution is 5.51. The third-order valence-corrected chi connectivity index (χ3v) is 2.36. The van der Waals surface area contributed by atoms with Gasteiger partial charge < -0.3 is 5.32 Å². The quantitative estimate of drug-likeness (QED) is 0.881. The van der Waals surface area contributed by atoms with Crippen molar-refractivity contribution in [2.24, 2.45) is 7.05 Å². The van der Waals surface area contributed by atoms with Crippen LogP contribution in [0.4, 0.5) is 11.6 Å². The summed E-state index contributed by atoms with van der Waals surface area (Å²) in [6.45, 7) is 6.13. The molecule has 0 aliphatic carbocycles. The van der Waals surface area contributed by atoms with E-state index in [0.29, 0.717) is 5.92 Å². The average molecular weight is 231 g/mol. The summed E-state index contributed by atoms with van der Waals surface area (Å²) in [5, 5.41) is 7.43. The SMILES string of the molecule is Cc1cc(Nc2ccn(C)n2)nc(C(C)C)n1. The van der Waals surface area contributed by atoms with Gasteiger partial charge >= 0.3 is 0 Å². The number of hydrogen-bond acceptors (Lipinski definition) is 4. The molecule has 0 aliphatic rings. The number of hydrogen-bond donors (Lipinski definition) is 1. The maximum atomic E-state index is 4.47. The Morgan fingerprint density at radius 1 is 1.24 bits per heavy atom. The summed E-state index contributed by atoms with van der Waals surface area (Å²) in [6, 6.07) is 3.83. The van der Waals surface area contributed by atoms with E-state index in [1.54, 1.807) is 4.68 Å². The molecule has 1 N–H and O–H groups in total. The summed E-state index contributed by atoms with van der Waals surface area (Å²) < 4.78 is 1.75. The van der Waals surface area contributed by atoms with Gasteiger partial charge in [0, 0.05) is 37.0 Å². The van der Waals surface area contributed by atoms with Crippen LogP contribution in [0.3, 0.4) is 0 Å². The predicted octanol–water partition coefficient (Wildman–Crippen LogP) is 2.39. The van der Waals surface area contributed by atoms with Crippen LogP contribution in [0.25, 0.3) is 0 Å². The molecule has 0 saturated carbocycles. The third-order valence-electron chi connectivity index (χ3n) is 2.36. The van der Waals surface area contributed by atoms with Gasteiger partial charge in [-0.1, -0.05) is 13.8 Å². The van der Waals surface area contributed by atoms with Crippen molar-refractivity contribution in [1.82, 2.24) is 19.7 Å². The van der Waals surface area contributed by atoms with E-state index in [1.807, 2.05) is 32.3 Å². The maximum absolute atomic E-state index is 4.47. The molecular weight excluding hydrogens is 214 g/mol. The van der Waals surface area contributed by atoms with Crippen LogP contribution in [0.2, 0.25) is 0 Å². The van der Waals surface area contributed by atoms with Gasteiger partial charge in [-0.3, -0.25) is 4.68 Å². The number of rotatable bonds is 3. The van der Waals surface area contributed by atoms with Crippen LogP contribution in [0.5, 0.6) is 0 Å². The Hall–Kier alpha value is -1.91. The van der Waals surface area contributed by atoms with Gasteiger partial charge in [0.05, 0.1) is 0 Å². The second-order valence-corrected chi connectivity index (χ2v) is 4.41. The third kappa shape index (κ3) is 2.81. The lowest BCUT2D eigenvalue weighted by molar-refractivity contribution is 0.763. The number of aromatic nitrogens is 4. The van der Waals surface area contributed by atoms with E-state index in [0.717, 1.165) is 23.2 Å². The van der Waals surface area contributed by atoms with Crippen LogP contribution in [-0.4, -0.2) is 19.7 Å². The molecule has 0 saturated heterocycles. The van der Waals surface area contributed by atoms with E-state index in [1.165, 1.54) is 0 Å². The van der Waals surface area contributed by atoms with Gasteiger partial charge in [0.2, 0.25) is 0 Å². The molecule has 0 unspecified atom stereocenters. The first kappa shape index (κ1) is 11.6. The van der Waals surface area contributed by atoms with Gasteiger partial charge in [0.25, 0.3) is 0 Å². The minimum atomic E-state index is 0.319. The lowest BCUT2D eigenvalue weighted by atomic mass is 10.2. The summed E-state index contributed by atoms with van der Waals surface area (Å²) in [5.74, 6) is 2.75. The Labute approximate surface area is 101 Å². The standard InChI is InChI=1S/C12H17N5/c1-8(2)12-13-9(3)7-11(15-12)14-10-5-6-17(4)16-10/h5-8H,1-4H3,(H,13,14,15,16). The second-order valence-electron chi connectivity index (χ2n) is 4.41. The molecule has 5 heteroatoms. The molecule has 0 bridgehead atoms. The Morgan fingerprint density at radius 2 is 2.00 bits per heavy atom. The predicted molar refractivity (Wildman–Crippen MR) is 67.3 cm³/mol. The van der Waals surface area contributed by atoms with Gasteiger partial charge in [-0.25, -0.2) is 9.97 Å². The molecule has 90 valence electrons. The van der Waals surface area contributed by atoms with Crippen molar-refractivity contribution in [1.29, 1.82) is 0 Å². The Kier molecular flexibility index (Phi) is 3.08. The zero-order chi connectivity index (χ0) is 12.4. The number of anilines is 2. The first-order chi connectivity index (χ1) is 8.04. The van der Waals surface area contributed by atoms with Crippen LogP contribution in [0, 0.1) is 6.92 Å². The van der Waals surface area contributed by atoms with Crippen LogP contribution >= 0.6 is 0 Å². The van der Waals surface area contributed by atoms with E-state index in [9.17, 15) is 0 Å². The molecule has 0 spiro atoms. The highest BCUT2D eigenvalue weighted by Gasteiger charge is 2.07. The summed E-state index contributed by atoms with van der Waals surface area (Å²) in [5.41, 5.74) is 0.960. The summed E-state index contributed by atoms with van der Waals surface area (Å²) >= 11 is 0. The lowest BCUT2D eigenvalue weighted by Gasteiger charge is -2.08. The van der Waals surface area contributed by atoms with Crippen molar-refractivity contribution in [2.75, 3.05) is 5.32 Å². The Balaban J connectivity index is 2.26. The van der Waals surface area contributed by atoms with Gasteiger partial charge in [-0.2, -0.15) is 5.10 Å². The van der Waals surface area contributed by atoms with Crippen molar-refractivity contribution in [3.05, 3.63) is 29.8 Å². The first-order valence-corrected chi connectivity index (χ1v) is 5.67. The molecule has 0 amide bonds. The molecule has 2 heterocycles. The van der Waals surface area contributed by atoms with E-state index in [4.69, 9.17) is 0 Å². The smallest absolute Gasteiger partial charge is 0.153 e. The molecule has 0 aromatic carbocycles. The van der Waals surface area contributed by atoms with Crippen molar-refractivity contribution in [2.45, 2.75) is 26.7 Å². The van der Waals surface area contributed by atoms with Crippen LogP contribution in [0.15, 0.2) is 18.3 Å². The van der Waals surface area contributed by atoms with Crippen molar-refractivity contribution < 1.29 is 0 Å². The Morgan fingerprint density at radius 3 is 2.59 bits per heavy atom. The molecule has 2 aromatic heterocycles. The normalized spacial score (nSPS) is 10.9. The number of aryl methyl sites for hydroxylation is 2. The van der Waals surface area contributed by atoms with Crippen LogP contribution < -0.4 is 5.32 Å². The molecule has 17 heavy (non-hydrogen) atoms. The molecule has 0 aliphatic heterocycles. The molecule has 2 aromatic rings. The minimum Gasteiger partial charge on any atom is -0.323 e. The largest absolute Gasteiger partial charge is 0.323 e. The van der Waals surface area contributed by atoms with Crippen LogP contribution in [0.1, 0.15) is 31.3 Å². The fourth-order valence-corrected chi connectivity index (χ4v) is 1.53. The van der Waals surface area contributed by atoms with E-state index in [-0.39, 0.29) is 0 Å². The molecular formula is C12H17N5. The van der Waals surface area contributed by atoms with E-state index < -0.39 is 0 Å². The Bertz CT molecular complexity index is 515. The zero-order valence-electron chi connectivity index (χ0n) is 10.6. The average Bonchev–Trinajstić information content (AvgIpc) is 2.63. The molecule has 5 nitrogen and oxygen atoms in total. The molecule has 0 radical (unpaired) electrons. The highest BCUT2D eigenvalue weighted by atomic mass is 15.3.